The molecule has 0 atom stereocenters. The van der Waals surface area contributed by atoms with Crippen LogP contribution in [0.15, 0.2) is 41.0 Å². The van der Waals surface area contributed by atoms with E-state index in [1.54, 1.807) is 13.3 Å². The summed E-state index contributed by atoms with van der Waals surface area (Å²) in [6.45, 7) is 0.794. The highest BCUT2D eigenvalue weighted by atomic mass is 79.9. The Hall–Kier alpha value is -1.75. The summed E-state index contributed by atoms with van der Waals surface area (Å²) in [5.74, 6) is 1.68. The van der Waals surface area contributed by atoms with Gasteiger partial charge in [-0.2, -0.15) is 0 Å². The van der Waals surface area contributed by atoms with E-state index in [-0.39, 0.29) is 0 Å². The lowest BCUT2D eigenvalue weighted by atomic mass is 10.1. The first-order valence-corrected chi connectivity index (χ1v) is 6.76. The van der Waals surface area contributed by atoms with Crippen molar-refractivity contribution in [2.75, 3.05) is 24.7 Å². The predicted molar refractivity (Wildman–Crippen MR) is 81.5 cm³/mol. The summed E-state index contributed by atoms with van der Waals surface area (Å²) in [5, 5.41) is 3.27. The number of benzene rings is 1. The topological polar surface area (TPSA) is 60.2 Å². The lowest BCUT2D eigenvalue weighted by Gasteiger charge is -2.08. The van der Waals surface area contributed by atoms with E-state index in [1.165, 1.54) is 5.56 Å². The molecule has 1 heterocycles. The van der Waals surface area contributed by atoms with Crippen molar-refractivity contribution in [3.63, 3.8) is 0 Å². The van der Waals surface area contributed by atoms with Crippen molar-refractivity contribution >= 4 is 27.4 Å². The Morgan fingerprint density at radius 3 is 2.95 bits per heavy atom. The second-order valence-corrected chi connectivity index (χ2v) is 4.98. The lowest BCUT2D eigenvalue weighted by Crippen LogP contribution is -2.07. The molecule has 0 aliphatic rings. The Kier molecular flexibility index (Phi) is 4.63. The van der Waals surface area contributed by atoms with Crippen molar-refractivity contribution in [2.45, 2.75) is 6.42 Å². The number of methoxy groups -OCH3 is 1. The van der Waals surface area contributed by atoms with Gasteiger partial charge in [0, 0.05) is 6.54 Å². The maximum absolute atomic E-state index is 5.65. The van der Waals surface area contributed by atoms with E-state index < -0.39 is 0 Å². The zero-order valence-electron chi connectivity index (χ0n) is 10.7. The molecule has 2 aromatic rings. The van der Waals surface area contributed by atoms with Crippen molar-refractivity contribution < 1.29 is 4.74 Å². The lowest BCUT2D eigenvalue weighted by molar-refractivity contribution is 0.414. The molecule has 0 aliphatic carbocycles. The maximum Gasteiger partial charge on any atom is 0.140 e. The molecule has 0 saturated carbocycles. The van der Waals surface area contributed by atoms with Crippen molar-refractivity contribution in [1.29, 1.82) is 0 Å². The summed E-state index contributed by atoms with van der Waals surface area (Å²) in [6.07, 6.45) is 2.54. The van der Waals surface area contributed by atoms with E-state index in [9.17, 15) is 0 Å². The zero-order valence-corrected chi connectivity index (χ0v) is 12.3. The molecular weight excluding hydrogens is 306 g/mol. The quantitative estimate of drug-likeness (QED) is 0.888. The number of halogens is 1. The molecule has 1 aromatic heterocycles. The predicted octanol–water partition coefficient (Wildman–Crippen LogP) is 3.09. The maximum atomic E-state index is 5.65. The highest BCUT2D eigenvalue weighted by Crippen LogP contribution is 2.21. The number of hydrogen-bond acceptors (Lipinski definition) is 4. The highest BCUT2D eigenvalue weighted by molar-refractivity contribution is 9.10. The van der Waals surface area contributed by atoms with Crippen LogP contribution in [-0.2, 0) is 6.42 Å². The highest BCUT2D eigenvalue weighted by Gasteiger charge is 2.01. The van der Waals surface area contributed by atoms with Gasteiger partial charge in [-0.25, -0.2) is 4.98 Å². The average molecular weight is 322 g/mol. The molecule has 5 heteroatoms. The van der Waals surface area contributed by atoms with Gasteiger partial charge in [-0.05, 0) is 46.1 Å². The molecule has 4 nitrogen and oxygen atoms in total. The fourth-order valence-electron chi connectivity index (χ4n) is 1.74. The molecule has 0 bridgehead atoms. The van der Waals surface area contributed by atoms with Crippen molar-refractivity contribution in [2.24, 2.45) is 0 Å². The first kappa shape index (κ1) is 13.7. The van der Waals surface area contributed by atoms with E-state index in [4.69, 9.17) is 10.5 Å². The zero-order chi connectivity index (χ0) is 13.7. The van der Waals surface area contributed by atoms with E-state index in [1.807, 2.05) is 24.3 Å². The van der Waals surface area contributed by atoms with Gasteiger partial charge < -0.3 is 15.8 Å². The number of anilines is 2. The molecule has 100 valence electrons. The van der Waals surface area contributed by atoms with Gasteiger partial charge >= 0.3 is 0 Å². The Balaban J connectivity index is 1.92. The molecule has 0 saturated heterocycles. The van der Waals surface area contributed by atoms with Gasteiger partial charge in [0.15, 0.2) is 0 Å². The van der Waals surface area contributed by atoms with Crippen LogP contribution in [0.4, 0.5) is 11.5 Å². The number of pyridine rings is 1. The van der Waals surface area contributed by atoms with E-state index in [0.717, 1.165) is 29.0 Å². The Morgan fingerprint density at radius 2 is 2.21 bits per heavy atom. The number of nitrogens with zero attached hydrogens (tertiary/aromatic N) is 1. The summed E-state index contributed by atoms with van der Waals surface area (Å²) in [5.41, 5.74) is 7.51. The molecule has 0 aliphatic heterocycles. The summed E-state index contributed by atoms with van der Waals surface area (Å²) >= 11 is 3.43. The van der Waals surface area contributed by atoms with Gasteiger partial charge in [-0.1, -0.05) is 12.1 Å². The van der Waals surface area contributed by atoms with Crippen LogP contribution in [-0.4, -0.2) is 18.6 Å². The monoisotopic (exact) mass is 321 g/mol. The first-order valence-electron chi connectivity index (χ1n) is 5.97. The van der Waals surface area contributed by atoms with Crippen LogP contribution in [0.3, 0.4) is 0 Å². The minimum absolute atomic E-state index is 0.644. The van der Waals surface area contributed by atoms with E-state index in [2.05, 4.69) is 32.3 Å². The molecule has 0 spiro atoms. The number of nitrogens with one attached hydrogen (secondary N) is 1. The van der Waals surface area contributed by atoms with Crippen LogP contribution < -0.4 is 15.8 Å². The SMILES string of the molecule is COc1cccc(CCNc2ncc(N)cc2Br)c1. The van der Waals surface area contributed by atoms with Crippen molar-refractivity contribution in [3.05, 3.63) is 46.6 Å². The van der Waals surface area contributed by atoms with Gasteiger partial charge in [0.25, 0.3) is 0 Å². The smallest absolute Gasteiger partial charge is 0.140 e. The molecule has 1 aromatic carbocycles. The number of ether oxygens (including phenoxy) is 1. The number of rotatable bonds is 5. The van der Waals surface area contributed by atoms with Crippen LogP contribution in [0.2, 0.25) is 0 Å². The van der Waals surface area contributed by atoms with Crippen LogP contribution in [0, 0.1) is 0 Å². The van der Waals surface area contributed by atoms with E-state index in [0.29, 0.717) is 5.69 Å². The number of nitrogen functional groups attached to an aromatic ring is 1. The number of aromatic nitrogens is 1. The Morgan fingerprint density at radius 1 is 1.37 bits per heavy atom. The van der Waals surface area contributed by atoms with Gasteiger partial charge in [0.1, 0.15) is 11.6 Å². The normalized spacial score (nSPS) is 10.2. The van der Waals surface area contributed by atoms with Gasteiger partial charge in [-0.15, -0.1) is 0 Å². The fraction of sp³-hybridized carbons (Fsp3) is 0.214. The largest absolute Gasteiger partial charge is 0.497 e. The fourth-order valence-corrected chi connectivity index (χ4v) is 2.24. The Bertz CT molecular complexity index is 560. The van der Waals surface area contributed by atoms with Crippen molar-refractivity contribution in [1.82, 2.24) is 4.98 Å². The summed E-state index contributed by atoms with van der Waals surface area (Å²) in [4.78, 5) is 4.24. The third-order valence-corrected chi connectivity index (χ3v) is 3.31. The van der Waals surface area contributed by atoms with Crippen molar-refractivity contribution in [3.8, 4) is 5.75 Å². The molecule has 0 amide bonds. The minimum Gasteiger partial charge on any atom is -0.497 e. The average Bonchev–Trinajstić information content (AvgIpc) is 2.41. The minimum atomic E-state index is 0.644. The number of hydrogen-bond donors (Lipinski definition) is 2. The summed E-state index contributed by atoms with van der Waals surface area (Å²) in [7, 11) is 1.67. The molecular formula is C14H16BrN3O. The molecule has 0 fully saturated rings. The van der Waals surface area contributed by atoms with Crippen LogP contribution >= 0.6 is 15.9 Å². The molecule has 0 unspecified atom stereocenters. The summed E-state index contributed by atoms with van der Waals surface area (Å²) in [6, 6.07) is 9.88. The van der Waals surface area contributed by atoms with Gasteiger partial charge in [0.05, 0.1) is 23.5 Å². The number of nitrogens with two attached hydrogens (primary N) is 1. The molecule has 3 N–H and O–H groups in total. The second kappa shape index (κ2) is 6.43. The third-order valence-electron chi connectivity index (χ3n) is 2.70. The standard InChI is InChI=1S/C14H16BrN3O/c1-19-12-4-2-3-10(7-12)5-6-17-14-13(15)8-11(16)9-18-14/h2-4,7-9H,5-6,16H2,1H3,(H,17,18). The molecule has 0 radical (unpaired) electrons. The first-order chi connectivity index (χ1) is 9.19. The summed E-state index contributed by atoms with van der Waals surface area (Å²) < 4.78 is 6.07. The van der Waals surface area contributed by atoms with Crippen LogP contribution in [0.5, 0.6) is 5.75 Å². The van der Waals surface area contributed by atoms with Crippen LogP contribution in [0.25, 0.3) is 0 Å². The van der Waals surface area contributed by atoms with Gasteiger partial charge in [-0.3, -0.25) is 0 Å². The van der Waals surface area contributed by atoms with Gasteiger partial charge in [0.2, 0.25) is 0 Å². The molecule has 19 heavy (non-hydrogen) atoms. The van der Waals surface area contributed by atoms with E-state index >= 15 is 0 Å². The second-order valence-electron chi connectivity index (χ2n) is 4.13. The molecule has 2 rings (SSSR count). The van der Waals surface area contributed by atoms with Crippen LogP contribution in [0.1, 0.15) is 5.56 Å². The Labute approximate surface area is 121 Å². The third kappa shape index (κ3) is 3.86.